The number of nitrogens with one attached hydrogen (secondary N) is 1. The minimum atomic E-state index is 0.630. The zero-order chi connectivity index (χ0) is 11.4. The van der Waals surface area contributed by atoms with Crippen LogP contribution in [0.25, 0.3) is 0 Å². The van der Waals surface area contributed by atoms with Crippen LogP contribution in [0, 0.1) is 0 Å². The lowest BCUT2D eigenvalue weighted by atomic mass is 10.2. The first kappa shape index (κ1) is 10.8. The Morgan fingerprint density at radius 3 is 2.88 bits per heavy atom. The van der Waals surface area contributed by atoms with Crippen molar-refractivity contribution in [2.45, 2.75) is 6.54 Å². The first-order valence-electron chi connectivity index (χ1n) is 4.94. The largest absolute Gasteiger partial charge is 0.397 e. The van der Waals surface area contributed by atoms with Gasteiger partial charge >= 0.3 is 0 Å². The van der Waals surface area contributed by atoms with E-state index in [2.05, 4.69) is 10.3 Å². The van der Waals surface area contributed by atoms with Gasteiger partial charge in [0.2, 0.25) is 0 Å². The Morgan fingerprint density at radius 1 is 1.25 bits per heavy atom. The van der Waals surface area contributed by atoms with E-state index in [0.717, 1.165) is 11.4 Å². The van der Waals surface area contributed by atoms with E-state index in [1.54, 1.807) is 24.4 Å². The Kier molecular flexibility index (Phi) is 3.27. The van der Waals surface area contributed by atoms with Gasteiger partial charge in [0.1, 0.15) is 0 Å². The molecule has 0 amide bonds. The van der Waals surface area contributed by atoms with Crippen LogP contribution in [-0.4, -0.2) is 4.98 Å². The number of pyridine rings is 1. The highest BCUT2D eigenvalue weighted by molar-refractivity contribution is 6.31. The van der Waals surface area contributed by atoms with Gasteiger partial charge in [-0.15, -0.1) is 0 Å². The van der Waals surface area contributed by atoms with Gasteiger partial charge in [0.15, 0.2) is 0 Å². The number of anilines is 2. The van der Waals surface area contributed by atoms with Crippen LogP contribution in [0.1, 0.15) is 5.69 Å². The summed E-state index contributed by atoms with van der Waals surface area (Å²) in [6.07, 6.45) is 1.76. The van der Waals surface area contributed by atoms with Crippen LogP contribution in [0.3, 0.4) is 0 Å². The average molecular weight is 234 g/mol. The van der Waals surface area contributed by atoms with Crippen molar-refractivity contribution in [1.82, 2.24) is 4.98 Å². The minimum Gasteiger partial charge on any atom is -0.397 e. The standard InChI is InChI=1S/C12H12ClN3/c13-9-4-5-11(14)12(7-9)16-8-10-3-1-2-6-15-10/h1-7,16H,8,14H2. The molecule has 82 valence electrons. The number of hydrogen-bond donors (Lipinski definition) is 2. The number of nitrogens with two attached hydrogens (primary N) is 1. The maximum absolute atomic E-state index is 5.89. The zero-order valence-electron chi connectivity index (χ0n) is 8.65. The molecule has 1 heterocycles. The molecule has 0 saturated heterocycles. The second-order valence-corrected chi connectivity index (χ2v) is 3.84. The van der Waals surface area contributed by atoms with E-state index in [9.17, 15) is 0 Å². The number of halogens is 1. The van der Waals surface area contributed by atoms with Gasteiger partial charge in [-0.3, -0.25) is 4.98 Å². The number of hydrogen-bond acceptors (Lipinski definition) is 3. The summed E-state index contributed by atoms with van der Waals surface area (Å²) in [5.41, 5.74) is 8.28. The predicted molar refractivity (Wildman–Crippen MR) is 67.4 cm³/mol. The Bertz CT molecular complexity index is 471. The number of benzene rings is 1. The third-order valence-corrected chi connectivity index (χ3v) is 2.44. The molecule has 0 spiro atoms. The number of aromatic nitrogens is 1. The molecule has 0 fully saturated rings. The monoisotopic (exact) mass is 233 g/mol. The maximum Gasteiger partial charge on any atom is 0.0594 e. The molecule has 0 unspecified atom stereocenters. The molecule has 0 saturated carbocycles. The summed E-state index contributed by atoms with van der Waals surface area (Å²) in [7, 11) is 0. The van der Waals surface area contributed by atoms with Crippen LogP contribution in [0.2, 0.25) is 5.02 Å². The average Bonchev–Trinajstić information content (AvgIpc) is 2.32. The Labute approximate surface area is 99.3 Å². The Morgan fingerprint density at radius 2 is 2.12 bits per heavy atom. The fourth-order valence-corrected chi connectivity index (χ4v) is 1.54. The summed E-state index contributed by atoms with van der Waals surface area (Å²) in [6, 6.07) is 11.1. The minimum absolute atomic E-state index is 0.630. The second-order valence-electron chi connectivity index (χ2n) is 3.41. The van der Waals surface area contributed by atoms with Crippen LogP contribution in [0.5, 0.6) is 0 Å². The van der Waals surface area contributed by atoms with E-state index in [4.69, 9.17) is 17.3 Å². The van der Waals surface area contributed by atoms with Gasteiger partial charge in [0.25, 0.3) is 0 Å². The lowest BCUT2D eigenvalue weighted by Crippen LogP contribution is -2.03. The summed E-state index contributed by atoms with van der Waals surface area (Å²) >= 11 is 5.89. The van der Waals surface area contributed by atoms with Gasteiger partial charge in [-0.2, -0.15) is 0 Å². The van der Waals surface area contributed by atoms with Crippen LogP contribution in [-0.2, 0) is 6.54 Å². The van der Waals surface area contributed by atoms with Crippen molar-refractivity contribution in [1.29, 1.82) is 0 Å². The van der Waals surface area contributed by atoms with Crippen molar-refractivity contribution < 1.29 is 0 Å². The molecular weight excluding hydrogens is 222 g/mol. The van der Waals surface area contributed by atoms with E-state index in [1.165, 1.54) is 0 Å². The van der Waals surface area contributed by atoms with Crippen molar-refractivity contribution in [2.24, 2.45) is 0 Å². The van der Waals surface area contributed by atoms with Crippen LogP contribution < -0.4 is 11.1 Å². The van der Waals surface area contributed by atoms with Crippen LogP contribution in [0.15, 0.2) is 42.6 Å². The molecule has 2 rings (SSSR count). The molecule has 0 radical (unpaired) electrons. The summed E-state index contributed by atoms with van der Waals surface area (Å²) in [4.78, 5) is 4.21. The number of rotatable bonds is 3. The predicted octanol–water partition coefficient (Wildman–Crippen LogP) is 2.93. The van der Waals surface area contributed by atoms with Crippen molar-refractivity contribution in [3.05, 3.63) is 53.3 Å². The van der Waals surface area contributed by atoms with E-state index < -0.39 is 0 Å². The maximum atomic E-state index is 5.89. The van der Waals surface area contributed by atoms with E-state index in [1.807, 2.05) is 18.2 Å². The molecule has 0 atom stereocenters. The summed E-state index contributed by atoms with van der Waals surface area (Å²) in [5.74, 6) is 0. The molecule has 0 aliphatic heterocycles. The van der Waals surface area contributed by atoms with Gasteiger partial charge in [-0.1, -0.05) is 17.7 Å². The number of nitrogens with zero attached hydrogens (tertiary/aromatic N) is 1. The van der Waals surface area contributed by atoms with Gasteiger partial charge < -0.3 is 11.1 Å². The summed E-state index contributed by atoms with van der Waals surface area (Å²) < 4.78 is 0. The molecule has 0 bridgehead atoms. The third kappa shape index (κ3) is 2.64. The number of nitrogen functional groups attached to an aromatic ring is 1. The van der Waals surface area contributed by atoms with E-state index in [0.29, 0.717) is 17.3 Å². The van der Waals surface area contributed by atoms with Gasteiger partial charge in [-0.25, -0.2) is 0 Å². The fourth-order valence-electron chi connectivity index (χ4n) is 1.37. The molecule has 1 aromatic heterocycles. The van der Waals surface area contributed by atoms with Crippen molar-refractivity contribution >= 4 is 23.0 Å². The second kappa shape index (κ2) is 4.86. The van der Waals surface area contributed by atoms with Crippen LogP contribution in [0.4, 0.5) is 11.4 Å². The lowest BCUT2D eigenvalue weighted by molar-refractivity contribution is 1.05. The first-order chi connectivity index (χ1) is 7.75. The summed E-state index contributed by atoms with van der Waals surface area (Å²) in [6.45, 7) is 0.630. The Balaban J connectivity index is 2.08. The van der Waals surface area contributed by atoms with Crippen molar-refractivity contribution in [2.75, 3.05) is 11.1 Å². The van der Waals surface area contributed by atoms with Gasteiger partial charge in [-0.05, 0) is 30.3 Å². The normalized spacial score (nSPS) is 10.1. The third-order valence-electron chi connectivity index (χ3n) is 2.20. The van der Waals surface area contributed by atoms with E-state index >= 15 is 0 Å². The smallest absolute Gasteiger partial charge is 0.0594 e. The van der Waals surface area contributed by atoms with Crippen molar-refractivity contribution in [3.8, 4) is 0 Å². The molecule has 4 heteroatoms. The zero-order valence-corrected chi connectivity index (χ0v) is 9.41. The van der Waals surface area contributed by atoms with Gasteiger partial charge in [0.05, 0.1) is 23.6 Å². The molecule has 0 aliphatic rings. The highest BCUT2D eigenvalue weighted by atomic mass is 35.5. The topological polar surface area (TPSA) is 50.9 Å². The molecule has 1 aromatic carbocycles. The molecule has 0 aliphatic carbocycles. The fraction of sp³-hybridized carbons (Fsp3) is 0.0833. The Hall–Kier alpha value is -1.74. The molecule has 16 heavy (non-hydrogen) atoms. The molecule has 3 nitrogen and oxygen atoms in total. The molecule has 2 aromatic rings. The van der Waals surface area contributed by atoms with Gasteiger partial charge in [0, 0.05) is 11.2 Å². The SMILES string of the molecule is Nc1ccc(Cl)cc1NCc1ccccn1. The quantitative estimate of drug-likeness (QED) is 0.802. The van der Waals surface area contributed by atoms with Crippen LogP contribution >= 0.6 is 11.6 Å². The molecular formula is C12H12ClN3. The molecule has 3 N–H and O–H groups in total. The van der Waals surface area contributed by atoms with Crippen molar-refractivity contribution in [3.63, 3.8) is 0 Å². The lowest BCUT2D eigenvalue weighted by Gasteiger charge is -2.09. The first-order valence-corrected chi connectivity index (χ1v) is 5.32. The van der Waals surface area contributed by atoms with E-state index in [-0.39, 0.29) is 0 Å². The summed E-state index contributed by atoms with van der Waals surface area (Å²) in [5, 5.41) is 3.86. The highest BCUT2D eigenvalue weighted by Gasteiger charge is 2.00. The highest BCUT2D eigenvalue weighted by Crippen LogP contribution is 2.23.